The van der Waals surface area contributed by atoms with Gasteiger partial charge in [-0.15, -0.1) is 0 Å². The molecule has 1 amide bonds. The molecule has 4 aliphatic rings. The van der Waals surface area contributed by atoms with Gasteiger partial charge in [-0.05, 0) is 117 Å². The van der Waals surface area contributed by atoms with Gasteiger partial charge in [-0.2, -0.15) is 0 Å². The first-order valence-corrected chi connectivity index (χ1v) is 17.9. The van der Waals surface area contributed by atoms with Crippen molar-refractivity contribution in [2.75, 3.05) is 38.3 Å². The number of rotatable bonds is 2. The number of hydrogen-bond donors (Lipinski definition) is 1. The SMILES string of the molecule is COC[C@H]1CCCC(C)C(C)S(=O)(=O)NC(=O)c2ccc3c(c2)N(CC2CCC21)CC1(CCCc2cc(Cl)ccc21)CO3. The van der Waals surface area contributed by atoms with Gasteiger partial charge in [0.15, 0.2) is 0 Å². The highest BCUT2D eigenvalue weighted by molar-refractivity contribution is 7.90. The number of methoxy groups -OCH3 is 1. The zero-order chi connectivity index (χ0) is 30.4. The number of amides is 1. The molecular weight excluding hydrogens is 584 g/mol. The molecule has 2 bridgehead atoms. The molecule has 6 atom stereocenters. The van der Waals surface area contributed by atoms with Gasteiger partial charge >= 0.3 is 0 Å². The topological polar surface area (TPSA) is 84.9 Å². The summed E-state index contributed by atoms with van der Waals surface area (Å²) in [6, 6.07) is 11.6. The number of benzene rings is 2. The molecule has 2 aliphatic carbocycles. The van der Waals surface area contributed by atoms with E-state index in [1.807, 2.05) is 25.1 Å². The number of fused-ring (bicyclic) bond motifs is 4. The summed E-state index contributed by atoms with van der Waals surface area (Å²) < 4.78 is 41.3. The number of sulfonamides is 1. The van der Waals surface area contributed by atoms with Crippen LogP contribution in [0.2, 0.25) is 5.02 Å². The quantitative estimate of drug-likeness (QED) is 0.416. The zero-order valence-electron chi connectivity index (χ0n) is 25.6. The van der Waals surface area contributed by atoms with E-state index in [4.69, 9.17) is 21.1 Å². The number of ether oxygens (including phenoxy) is 2. The molecule has 0 radical (unpaired) electrons. The number of halogens is 1. The van der Waals surface area contributed by atoms with Crippen molar-refractivity contribution in [1.29, 1.82) is 0 Å². The molecule has 1 saturated carbocycles. The van der Waals surface area contributed by atoms with Crippen LogP contribution in [0.5, 0.6) is 5.75 Å². The average molecular weight is 629 g/mol. The Morgan fingerprint density at radius 1 is 1.09 bits per heavy atom. The average Bonchev–Trinajstić information content (AvgIpc) is 3.11. The molecular formula is C34H45ClN2O5S. The van der Waals surface area contributed by atoms with Crippen LogP contribution in [0.15, 0.2) is 36.4 Å². The number of nitrogens with one attached hydrogen (secondary N) is 1. The molecule has 9 heteroatoms. The van der Waals surface area contributed by atoms with E-state index < -0.39 is 21.2 Å². The zero-order valence-corrected chi connectivity index (χ0v) is 27.2. The van der Waals surface area contributed by atoms with Gasteiger partial charge in [-0.1, -0.05) is 31.0 Å². The van der Waals surface area contributed by atoms with E-state index in [-0.39, 0.29) is 11.3 Å². The van der Waals surface area contributed by atoms with E-state index in [2.05, 4.69) is 21.8 Å². The van der Waals surface area contributed by atoms with Gasteiger partial charge in [0.05, 0.1) is 17.5 Å². The second-order valence-corrected chi connectivity index (χ2v) is 16.1. The molecule has 2 aromatic rings. The van der Waals surface area contributed by atoms with Crippen LogP contribution in [-0.2, 0) is 26.6 Å². The van der Waals surface area contributed by atoms with Gasteiger partial charge in [-0.25, -0.2) is 13.1 Å². The van der Waals surface area contributed by atoms with E-state index in [1.54, 1.807) is 20.1 Å². The number of aryl methyl sites for hydroxylation is 1. The summed E-state index contributed by atoms with van der Waals surface area (Å²) in [4.78, 5) is 15.8. The first kappa shape index (κ1) is 30.7. The third-order valence-corrected chi connectivity index (χ3v) is 13.1. The highest BCUT2D eigenvalue weighted by atomic mass is 35.5. The van der Waals surface area contributed by atoms with Crippen LogP contribution in [-0.4, -0.2) is 53.0 Å². The summed E-state index contributed by atoms with van der Waals surface area (Å²) in [5.74, 6) is 1.59. The van der Waals surface area contributed by atoms with Crippen molar-refractivity contribution < 1.29 is 22.7 Å². The monoisotopic (exact) mass is 628 g/mol. The second-order valence-electron chi connectivity index (χ2n) is 13.6. The van der Waals surface area contributed by atoms with Crippen molar-refractivity contribution in [2.45, 2.75) is 75.9 Å². The lowest BCUT2D eigenvalue weighted by Crippen LogP contribution is -2.49. The lowest BCUT2D eigenvalue weighted by atomic mass is 9.65. The summed E-state index contributed by atoms with van der Waals surface area (Å²) in [5.41, 5.74) is 3.58. The summed E-state index contributed by atoms with van der Waals surface area (Å²) >= 11 is 6.42. The molecule has 0 aromatic heterocycles. The molecule has 43 heavy (non-hydrogen) atoms. The molecule has 6 rings (SSSR count). The van der Waals surface area contributed by atoms with Crippen molar-refractivity contribution in [3.8, 4) is 5.75 Å². The van der Waals surface area contributed by atoms with E-state index in [9.17, 15) is 13.2 Å². The fourth-order valence-corrected chi connectivity index (χ4v) is 9.64. The van der Waals surface area contributed by atoms with Crippen LogP contribution in [0, 0.1) is 23.7 Å². The number of carbonyl (C=O) groups is 1. The van der Waals surface area contributed by atoms with Crippen molar-refractivity contribution in [3.63, 3.8) is 0 Å². The minimum Gasteiger partial charge on any atom is -0.490 e. The molecule has 7 nitrogen and oxygen atoms in total. The van der Waals surface area contributed by atoms with Gasteiger partial charge in [0.25, 0.3) is 5.91 Å². The molecule has 2 aromatic carbocycles. The first-order valence-electron chi connectivity index (χ1n) is 16.0. The van der Waals surface area contributed by atoms with E-state index in [0.717, 1.165) is 74.7 Å². The van der Waals surface area contributed by atoms with E-state index >= 15 is 0 Å². The predicted molar refractivity (Wildman–Crippen MR) is 171 cm³/mol. The summed E-state index contributed by atoms with van der Waals surface area (Å²) in [6.45, 7) is 6.58. The molecule has 2 heterocycles. The van der Waals surface area contributed by atoms with Gasteiger partial charge in [0.1, 0.15) is 5.75 Å². The molecule has 1 N–H and O–H groups in total. The lowest BCUT2D eigenvalue weighted by Gasteiger charge is -2.47. The Hall–Kier alpha value is -2.29. The number of nitrogens with zero attached hydrogens (tertiary/aromatic N) is 1. The molecule has 234 valence electrons. The Morgan fingerprint density at radius 3 is 2.70 bits per heavy atom. The van der Waals surface area contributed by atoms with Gasteiger partial charge in [-0.3, -0.25) is 4.79 Å². The third-order valence-electron chi connectivity index (χ3n) is 11.0. The lowest BCUT2D eigenvalue weighted by molar-refractivity contribution is 0.0383. The summed E-state index contributed by atoms with van der Waals surface area (Å²) in [6.07, 6.45) is 8.18. The Labute approximate surface area is 261 Å². The standard InChI is InChI=1S/C34H45ClN2O5S/c1-22-6-4-7-27(19-41-3)29-12-9-26(29)18-37-20-34(15-5-8-24-16-28(35)11-13-30(24)34)21-42-32-14-10-25(17-31(32)37)33(38)36-43(39,40)23(22)2/h10-11,13-14,16-17,22-23,26-27,29H,4-9,12,15,18-21H2,1-3H3,(H,36,38)/t22?,23?,26?,27-,29?,34?/m1/s1. The molecule has 2 aliphatic heterocycles. The van der Waals surface area contributed by atoms with Crippen LogP contribution in [0.25, 0.3) is 0 Å². The van der Waals surface area contributed by atoms with Gasteiger partial charge in [0.2, 0.25) is 10.0 Å². The summed E-state index contributed by atoms with van der Waals surface area (Å²) in [5, 5.41) is 0.0801. The maximum absolute atomic E-state index is 13.4. The minimum absolute atomic E-state index is 0.0704. The van der Waals surface area contributed by atoms with Crippen molar-refractivity contribution in [3.05, 3.63) is 58.1 Å². The molecule has 0 saturated heterocycles. The third kappa shape index (κ3) is 6.04. The first-order chi connectivity index (χ1) is 20.6. The Morgan fingerprint density at radius 2 is 1.93 bits per heavy atom. The number of anilines is 1. The van der Waals surface area contributed by atoms with Crippen molar-refractivity contribution in [2.24, 2.45) is 23.7 Å². The maximum atomic E-state index is 13.4. The molecule has 5 unspecified atom stereocenters. The van der Waals surface area contributed by atoms with Crippen LogP contribution in [0.3, 0.4) is 0 Å². The highest BCUT2D eigenvalue weighted by Crippen LogP contribution is 2.48. The fourth-order valence-electron chi connectivity index (χ4n) is 8.14. The molecule has 1 spiro atoms. The summed E-state index contributed by atoms with van der Waals surface area (Å²) in [7, 11) is -2.06. The largest absolute Gasteiger partial charge is 0.490 e. The smallest absolute Gasteiger partial charge is 0.264 e. The van der Waals surface area contributed by atoms with E-state index in [0.29, 0.717) is 29.9 Å². The van der Waals surface area contributed by atoms with Crippen LogP contribution >= 0.6 is 11.6 Å². The number of hydrogen-bond acceptors (Lipinski definition) is 6. The van der Waals surface area contributed by atoms with Crippen LogP contribution in [0.1, 0.15) is 80.3 Å². The van der Waals surface area contributed by atoms with Crippen LogP contribution < -0.4 is 14.4 Å². The Bertz CT molecular complexity index is 1460. The highest BCUT2D eigenvalue weighted by Gasteiger charge is 2.44. The van der Waals surface area contributed by atoms with Gasteiger partial charge < -0.3 is 14.4 Å². The molecule has 1 fully saturated rings. The normalized spacial score (nSPS) is 32.4. The second kappa shape index (κ2) is 12.2. The Balaban J connectivity index is 1.41. The van der Waals surface area contributed by atoms with Crippen molar-refractivity contribution >= 4 is 33.2 Å². The van der Waals surface area contributed by atoms with Crippen molar-refractivity contribution in [1.82, 2.24) is 4.72 Å². The van der Waals surface area contributed by atoms with E-state index in [1.165, 1.54) is 24.0 Å². The van der Waals surface area contributed by atoms with Crippen LogP contribution in [0.4, 0.5) is 5.69 Å². The minimum atomic E-state index is -3.85. The predicted octanol–water partition coefficient (Wildman–Crippen LogP) is 6.37. The number of carbonyl (C=O) groups excluding carboxylic acids is 1. The maximum Gasteiger partial charge on any atom is 0.264 e. The fraction of sp³-hybridized carbons (Fsp3) is 0.618. The Kier molecular flexibility index (Phi) is 8.75. The van der Waals surface area contributed by atoms with Gasteiger partial charge in [0, 0.05) is 42.8 Å².